The first-order valence-corrected chi connectivity index (χ1v) is 10.4. The normalized spacial score (nSPS) is 17.3. The maximum absolute atomic E-state index is 13.2. The summed E-state index contributed by atoms with van der Waals surface area (Å²) < 4.78 is 29.7. The van der Waals surface area contributed by atoms with Crippen molar-refractivity contribution in [1.82, 2.24) is 15.1 Å². The van der Waals surface area contributed by atoms with Gasteiger partial charge in [0.1, 0.15) is 5.82 Å². The molecule has 5 rings (SSSR count). The van der Waals surface area contributed by atoms with Crippen LogP contribution in [0.4, 0.5) is 4.39 Å². The van der Waals surface area contributed by atoms with Crippen molar-refractivity contribution in [3.05, 3.63) is 71.2 Å². The topological polar surface area (TPSA) is 77.7 Å². The Kier molecular flexibility index (Phi) is 5.28. The van der Waals surface area contributed by atoms with E-state index < -0.39 is 0 Å². The van der Waals surface area contributed by atoms with Crippen molar-refractivity contribution in [3.63, 3.8) is 0 Å². The van der Waals surface area contributed by atoms with Crippen LogP contribution in [0.15, 0.2) is 46.9 Å². The van der Waals surface area contributed by atoms with E-state index >= 15 is 0 Å². The Morgan fingerprint density at radius 1 is 1.06 bits per heavy atom. The molecule has 8 heteroatoms. The molecule has 1 atom stereocenters. The number of carbonyl (C=O) groups is 1. The molecule has 0 N–H and O–H groups in total. The summed E-state index contributed by atoms with van der Waals surface area (Å²) in [5.41, 5.74) is 1.95. The second-order valence-corrected chi connectivity index (χ2v) is 7.75. The fourth-order valence-corrected chi connectivity index (χ4v) is 4.14. The lowest BCUT2D eigenvalue weighted by Gasteiger charge is -2.25. The largest absolute Gasteiger partial charge is 0.454 e. The van der Waals surface area contributed by atoms with E-state index in [9.17, 15) is 9.18 Å². The van der Waals surface area contributed by atoms with E-state index in [1.807, 2.05) is 23.1 Å². The molecule has 0 aliphatic carbocycles. The highest BCUT2D eigenvalue weighted by Crippen LogP contribution is 2.34. The highest BCUT2D eigenvalue weighted by Gasteiger charge is 2.29. The van der Waals surface area contributed by atoms with Gasteiger partial charge in [0.05, 0.1) is 12.5 Å². The zero-order valence-electron chi connectivity index (χ0n) is 16.9. The molecule has 7 nitrogen and oxygen atoms in total. The minimum absolute atomic E-state index is 0.00245. The molecule has 2 aliphatic heterocycles. The quantitative estimate of drug-likeness (QED) is 0.600. The van der Waals surface area contributed by atoms with Gasteiger partial charge in [0.2, 0.25) is 24.5 Å². The van der Waals surface area contributed by atoms with Crippen molar-refractivity contribution in [2.45, 2.75) is 38.1 Å². The second-order valence-electron chi connectivity index (χ2n) is 7.75. The van der Waals surface area contributed by atoms with Gasteiger partial charge in [0, 0.05) is 19.4 Å². The molecule has 1 aromatic heterocycles. The lowest BCUT2D eigenvalue weighted by atomic mass is 10.0. The average molecular weight is 423 g/mol. The Morgan fingerprint density at radius 2 is 1.87 bits per heavy atom. The van der Waals surface area contributed by atoms with Gasteiger partial charge >= 0.3 is 0 Å². The lowest BCUT2D eigenvalue weighted by Crippen LogP contribution is -2.30. The number of amides is 1. The van der Waals surface area contributed by atoms with Crippen LogP contribution in [0, 0.1) is 5.82 Å². The zero-order chi connectivity index (χ0) is 21.2. The smallest absolute Gasteiger partial charge is 0.231 e. The van der Waals surface area contributed by atoms with Gasteiger partial charge < -0.3 is 18.8 Å². The van der Waals surface area contributed by atoms with Gasteiger partial charge in [-0.1, -0.05) is 18.2 Å². The molecule has 2 aliphatic rings. The molecule has 1 unspecified atom stereocenters. The summed E-state index contributed by atoms with van der Waals surface area (Å²) in [5, 5.41) is 8.19. The van der Waals surface area contributed by atoms with E-state index in [0.29, 0.717) is 43.3 Å². The number of rotatable bonds is 6. The fraction of sp³-hybridized carbons (Fsp3) is 0.348. The molecule has 1 amide bonds. The predicted molar refractivity (Wildman–Crippen MR) is 108 cm³/mol. The van der Waals surface area contributed by atoms with Crippen LogP contribution in [-0.2, 0) is 17.6 Å². The number of hydrogen-bond acceptors (Lipinski definition) is 6. The molecule has 160 valence electrons. The molecule has 1 fully saturated rings. The summed E-state index contributed by atoms with van der Waals surface area (Å²) in [5.74, 6) is 2.15. The number of halogens is 1. The van der Waals surface area contributed by atoms with Crippen LogP contribution in [0.2, 0.25) is 0 Å². The standard InChI is InChI=1S/C23H22FN3O4/c24-17-6-4-16(5-7-17)18-2-1-11-27(18)23(28)10-9-21-25-26-22(31-21)13-15-3-8-19-20(12-15)30-14-29-19/h3-8,12,18H,1-2,9-11,13-14H2. The van der Waals surface area contributed by atoms with Crippen LogP contribution in [0.1, 0.15) is 48.2 Å². The lowest BCUT2D eigenvalue weighted by molar-refractivity contribution is -0.132. The van der Waals surface area contributed by atoms with E-state index in [2.05, 4.69) is 10.2 Å². The van der Waals surface area contributed by atoms with Crippen molar-refractivity contribution < 1.29 is 23.1 Å². The number of aryl methyl sites for hydroxylation is 1. The van der Waals surface area contributed by atoms with Crippen LogP contribution >= 0.6 is 0 Å². The fourth-order valence-electron chi connectivity index (χ4n) is 4.14. The average Bonchev–Trinajstić information content (AvgIpc) is 3.53. The monoisotopic (exact) mass is 423 g/mol. The predicted octanol–water partition coefficient (Wildman–Crippen LogP) is 3.82. The zero-order valence-corrected chi connectivity index (χ0v) is 16.9. The summed E-state index contributed by atoms with van der Waals surface area (Å²) >= 11 is 0. The molecule has 0 saturated carbocycles. The third kappa shape index (κ3) is 4.23. The van der Waals surface area contributed by atoms with Crippen LogP contribution in [0.3, 0.4) is 0 Å². The van der Waals surface area contributed by atoms with Gasteiger partial charge in [-0.25, -0.2) is 4.39 Å². The molecular weight excluding hydrogens is 401 g/mol. The summed E-state index contributed by atoms with van der Waals surface area (Å²) in [4.78, 5) is 14.7. The van der Waals surface area contributed by atoms with Crippen LogP contribution < -0.4 is 9.47 Å². The van der Waals surface area contributed by atoms with E-state index in [1.54, 1.807) is 12.1 Å². The van der Waals surface area contributed by atoms with Crippen LogP contribution in [0.5, 0.6) is 11.5 Å². The van der Waals surface area contributed by atoms with Crippen molar-refractivity contribution >= 4 is 5.91 Å². The molecule has 1 saturated heterocycles. The van der Waals surface area contributed by atoms with Crippen molar-refractivity contribution in [1.29, 1.82) is 0 Å². The first-order chi connectivity index (χ1) is 15.2. The highest BCUT2D eigenvalue weighted by atomic mass is 19.1. The first-order valence-electron chi connectivity index (χ1n) is 10.4. The van der Waals surface area contributed by atoms with Crippen LogP contribution in [0.25, 0.3) is 0 Å². The van der Waals surface area contributed by atoms with Gasteiger partial charge in [0.15, 0.2) is 11.5 Å². The van der Waals surface area contributed by atoms with Gasteiger partial charge in [-0.05, 0) is 48.2 Å². The van der Waals surface area contributed by atoms with Gasteiger partial charge in [-0.2, -0.15) is 0 Å². The SMILES string of the molecule is O=C(CCc1nnc(Cc2ccc3c(c2)OCO3)o1)N1CCCC1c1ccc(F)cc1. The third-order valence-corrected chi connectivity index (χ3v) is 5.68. The molecule has 3 aromatic rings. The number of nitrogens with zero attached hydrogens (tertiary/aromatic N) is 3. The van der Waals surface area contributed by atoms with Gasteiger partial charge in [-0.15, -0.1) is 10.2 Å². The molecule has 0 radical (unpaired) electrons. The maximum atomic E-state index is 13.2. The number of fused-ring (bicyclic) bond motifs is 1. The molecule has 2 aromatic carbocycles. The molecule has 0 bridgehead atoms. The van der Waals surface area contributed by atoms with Gasteiger partial charge in [0.25, 0.3) is 0 Å². The Labute approximate surface area is 178 Å². The number of carbonyl (C=O) groups excluding carboxylic acids is 1. The maximum Gasteiger partial charge on any atom is 0.231 e. The van der Waals surface area contributed by atoms with E-state index in [-0.39, 0.29) is 24.6 Å². The van der Waals surface area contributed by atoms with E-state index in [0.717, 1.165) is 29.7 Å². The Bertz CT molecular complexity index is 1080. The molecule has 3 heterocycles. The van der Waals surface area contributed by atoms with Crippen molar-refractivity contribution in [2.75, 3.05) is 13.3 Å². The highest BCUT2D eigenvalue weighted by molar-refractivity contribution is 5.77. The van der Waals surface area contributed by atoms with E-state index in [4.69, 9.17) is 13.9 Å². The Hall–Kier alpha value is -3.42. The summed E-state index contributed by atoms with van der Waals surface area (Å²) in [6, 6.07) is 12.1. The van der Waals surface area contributed by atoms with Gasteiger partial charge in [-0.3, -0.25) is 4.79 Å². The first kappa shape index (κ1) is 19.5. The second kappa shape index (κ2) is 8.37. The minimum Gasteiger partial charge on any atom is -0.454 e. The van der Waals surface area contributed by atoms with Crippen molar-refractivity contribution in [2.24, 2.45) is 0 Å². The number of ether oxygens (including phenoxy) is 2. The summed E-state index contributed by atoms with van der Waals surface area (Å²) in [6.45, 7) is 0.941. The van der Waals surface area contributed by atoms with Crippen LogP contribution in [-0.4, -0.2) is 34.3 Å². The van der Waals surface area contributed by atoms with E-state index in [1.165, 1.54) is 12.1 Å². The summed E-state index contributed by atoms with van der Waals surface area (Å²) in [6.07, 6.45) is 2.99. The Balaban J connectivity index is 1.18. The third-order valence-electron chi connectivity index (χ3n) is 5.68. The molecule has 0 spiro atoms. The Morgan fingerprint density at radius 3 is 2.74 bits per heavy atom. The molecule has 31 heavy (non-hydrogen) atoms. The number of aromatic nitrogens is 2. The number of likely N-dealkylation sites (tertiary alicyclic amines) is 1. The van der Waals surface area contributed by atoms with Crippen molar-refractivity contribution in [3.8, 4) is 11.5 Å². The number of hydrogen-bond donors (Lipinski definition) is 0. The molecular formula is C23H22FN3O4. The number of benzene rings is 2. The summed E-state index contributed by atoms with van der Waals surface area (Å²) in [7, 11) is 0. The minimum atomic E-state index is -0.271.